The minimum Gasteiger partial charge on any atom is -0.493 e. The second-order valence-corrected chi connectivity index (χ2v) is 6.88. The molecule has 0 atom stereocenters. The lowest BCUT2D eigenvalue weighted by Gasteiger charge is -2.12. The van der Waals surface area contributed by atoms with E-state index in [1.807, 2.05) is 13.8 Å². The Kier molecular flexibility index (Phi) is 5.98. The number of aryl methyl sites for hydroxylation is 1. The number of hydrogen-bond donors (Lipinski definition) is 0. The van der Waals surface area contributed by atoms with E-state index >= 15 is 0 Å². The van der Waals surface area contributed by atoms with Crippen LogP contribution in [0, 0.1) is 6.92 Å². The van der Waals surface area contributed by atoms with Crippen LogP contribution in [0.2, 0.25) is 0 Å². The van der Waals surface area contributed by atoms with Crippen LogP contribution in [-0.2, 0) is 10.0 Å². The van der Waals surface area contributed by atoms with Crippen LogP contribution in [0.15, 0.2) is 51.8 Å². The second kappa shape index (κ2) is 7.97. The van der Waals surface area contributed by atoms with Crippen molar-refractivity contribution in [2.24, 2.45) is 4.40 Å². The van der Waals surface area contributed by atoms with Gasteiger partial charge < -0.3 is 9.47 Å². The zero-order valence-corrected chi connectivity index (χ0v) is 14.8. The minimum absolute atomic E-state index is 0.156. The molecule has 24 heavy (non-hydrogen) atoms. The number of ether oxygens (including phenoxy) is 2. The highest BCUT2D eigenvalue weighted by molar-refractivity contribution is 7.90. The molecule has 2 rings (SSSR count). The van der Waals surface area contributed by atoms with E-state index in [4.69, 9.17) is 9.47 Å². The van der Waals surface area contributed by atoms with Crippen LogP contribution >= 0.6 is 0 Å². The first-order valence-electron chi connectivity index (χ1n) is 7.64. The zero-order chi connectivity index (χ0) is 17.6. The van der Waals surface area contributed by atoms with Gasteiger partial charge in [-0.15, -0.1) is 0 Å². The monoisotopic (exact) mass is 347 g/mol. The Morgan fingerprint density at radius 2 is 1.83 bits per heavy atom. The van der Waals surface area contributed by atoms with E-state index in [0.717, 1.165) is 12.0 Å². The first-order chi connectivity index (χ1) is 11.5. The summed E-state index contributed by atoms with van der Waals surface area (Å²) in [5.41, 5.74) is 1.54. The van der Waals surface area contributed by atoms with E-state index in [0.29, 0.717) is 23.7 Å². The summed E-state index contributed by atoms with van der Waals surface area (Å²) < 4.78 is 39.4. The first-order valence-corrected chi connectivity index (χ1v) is 9.08. The molecule has 0 saturated heterocycles. The Labute approximate surface area is 143 Å². The molecule has 0 heterocycles. The normalized spacial score (nSPS) is 11.6. The lowest BCUT2D eigenvalue weighted by atomic mass is 10.2. The van der Waals surface area contributed by atoms with Gasteiger partial charge >= 0.3 is 0 Å². The van der Waals surface area contributed by atoms with Crippen LogP contribution in [0.25, 0.3) is 0 Å². The molecule has 0 radical (unpaired) electrons. The van der Waals surface area contributed by atoms with Crippen molar-refractivity contribution in [3.8, 4) is 11.5 Å². The van der Waals surface area contributed by atoms with Gasteiger partial charge in [0.05, 0.1) is 24.8 Å². The molecule has 0 N–H and O–H groups in total. The van der Waals surface area contributed by atoms with Crippen molar-refractivity contribution >= 4 is 16.2 Å². The maximum absolute atomic E-state index is 12.3. The number of rotatable bonds is 7. The quantitative estimate of drug-likeness (QED) is 0.718. The lowest BCUT2D eigenvalue weighted by Crippen LogP contribution is -2.02. The number of sulfonamides is 1. The fourth-order valence-electron chi connectivity index (χ4n) is 2.05. The summed E-state index contributed by atoms with van der Waals surface area (Å²) in [4.78, 5) is 0.156. The molecule has 0 unspecified atom stereocenters. The highest BCUT2D eigenvalue weighted by atomic mass is 32.2. The average molecular weight is 347 g/mol. The zero-order valence-electron chi connectivity index (χ0n) is 14.0. The van der Waals surface area contributed by atoms with E-state index in [1.165, 1.54) is 13.3 Å². The Morgan fingerprint density at radius 1 is 1.12 bits per heavy atom. The van der Waals surface area contributed by atoms with Crippen LogP contribution in [0.1, 0.15) is 24.5 Å². The number of hydrogen-bond acceptors (Lipinski definition) is 4. The third-order valence-corrected chi connectivity index (χ3v) is 4.58. The Hall–Kier alpha value is -2.34. The number of para-hydroxylation sites is 1. The van der Waals surface area contributed by atoms with Gasteiger partial charge in [0, 0.05) is 5.56 Å². The molecule has 2 aromatic carbocycles. The summed E-state index contributed by atoms with van der Waals surface area (Å²) in [6, 6.07) is 11.8. The van der Waals surface area contributed by atoms with Crippen LogP contribution in [0.3, 0.4) is 0 Å². The summed E-state index contributed by atoms with van der Waals surface area (Å²) in [5, 5.41) is 0. The van der Waals surface area contributed by atoms with Gasteiger partial charge in [-0.3, -0.25) is 0 Å². The van der Waals surface area contributed by atoms with Crippen LogP contribution in [0.5, 0.6) is 11.5 Å². The van der Waals surface area contributed by atoms with E-state index in [9.17, 15) is 8.42 Å². The van der Waals surface area contributed by atoms with Crippen molar-refractivity contribution in [1.29, 1.82) is 0 Å². The average Bonchev–Trinajstić information content (AvgIpc) is 2.58. The SMILES string of the molecule is CCCOc1c(/C=N\S(=O)(=O)c2ccc(C)cc2)cccc1OC. The summed E-state index contributed by atoms with van der Waals surface area (Å²) in [7, 11) is -2.22. The van der Waals surface area contributed by atoms with E-state index < -0.39 is 10.0 Å². The fourth-order valence-corrected chi connectivity index (χ4v) is 2.91. The molecular weight excluding hydrogens is 326 g/mol. The van der Waals surface area contributed by atoms with Crippen LogP contribution < -0.4 is 9.47 Å². The van der Waals surface area contributed by atoms with E-state index in [-0.39, 0.29) is 4.90 Å². The van der Waals surface area contributed by atoms with Gasteiger partial charge in [0.1, 0.15) is 0 Å². The predicted octanol–water partition coefficient (Wildman–Crippen LogP) is 3.60. The van der Waals surface area contributed by atoms with E-state index in [2.05, 4.69) is 4.40 Å². The molecule has 0 aromatic heterocycles. The Morgan fingerprint density at radius 3 is 2.46 bits per heavy atom. The van der Waals surface area contributed by atoms with Gasteiger partial charge in [-0.25, -0.2) is 0 Å². The van der Waals surface area contributed by atoms with Gasteiger partial charge in [0.25, 0.3) is 10.0 Å². The lowest BCUT2D eigenvalue weighted by molar-refractivity contribution is 0.294. The molecule has 0 amide bonds. The van der Waals surface area contributed by atoms with Crippen molar-refractivity contribution in [1.82, 2.24) is 0 Å². The third kappa shape index (κ3) is 4.35. The highest BCUT2D eigenvalue weighted by Gasteiger charge is 2.13. The fraction of sp³-hybridized carbons (Fsp3) is 0.278. The minimum atomic E-state index is -3.76. The molecule has 0 aliphatic rings. The maximum Gasteiger partial charge on any atom is 0.282 e. The van der Waals surface area contributed by atoms with Gasteiger partial charge in [-0.05, 0) is 37.6 Å². The molecule has 0 aliphatic carbocycles. The summed E-state index contributed by atoms with van der Waals surface area (Å²) in [5.74, 6) is 1.03. The summed E-state index contributed by atoms with van der Waals surface area (Å²) in [6.45, 7) is 4.39. The van der Waals surface area contributed by atoms with Gasteiger partial charge in [0.15, 0.2) is 11.5 Å². The van der Waals surface area contributed by atoms with Crippen LogP contribution in [-0.4, -0.2) is 28.3 Å². The van der Waals surface area contributed by atoms with Crippen LogP contribution in [0.4, 0.5) is 0 Å². The number of methoxy groups -OCH3 is 1. The van der Waals surface area contributed by atoms with Crippen molar-refractivity contribution in [3.05, 3.63) is 53.6 Å². The third-order valence-electron chi connectivity index (χ3n) is 3.33. The molecule has 0 saturated carbocycles. The van der Waals surface area contributed by atoms with Gasteiger partial charge in [-0.1, -0.05) is 30.7 Å². The first kappa shape index (κ1) is 18.0. The molecule has 2 aromatic rings. The largest absolute Gasteiger partial charge is 0.493 e. The second-order valence-electron chi connectivity index (χ2n) is 5.25. The van der Waals surface area contributed by atoms with Crippen molar-refractivity contribution in [2.75, 3.05) is 13.7 Å². The summed E-state index contributed by atoms with van der Waals surface area (Å²) in [6.07, 6.45) is 2.12. The number of nitrogens with zero attached hydrogens (tertiary/aromatic N) is 1. The molecule has 0 fully saturated rings. The Bertz CT molecular complexity index is 811. The van der Waals surface area contributed by atoms with Crippen molar-refractivity contribution in [3.63, 3.8) is 0 Å². The number of benzene rings is 2. The Balaban J connectivity index is 2.35. The standard InChI is InChI=1S/C18H21NO4S/c1-4-12-23-18-15(6-5-7-17(18)22-3)13-19-24(20,21)16-10-8-14(2)9-11-16/h5-11,13H,4,12H2,1-3H3/b19-13-. The molecule has 0 spiro atoms. The van der Waals surface area contributed by atoms with Crippen molar-refractivity contribution in [2.45, 2.75) is 25.2 Å². The molecular formula is C18H21NO4S. The maximum atomic E-state index is 12.3. The molecule has 5 nitrogen and oxygen atoms in total. The van der Waals surface area contributed by atoms with E-state index in [1.54, 1.807) is 42.5 Å². The highest BCUT2D eigenvalue weighted by Crippen LogP contribution is 2.30. The smallest absolute Gasteiger partial charge is 0.282 e. The predicted molar refractivity (Wildman–Crippen MR) is 94.7 cm³/mol. The van der Waals surface area contributed by atoms with Crippen molar-refractivity contribution < 1.29 is 17.9 Å². The van der Waals surface area contributed by atoms with Gasteiger partial charge in [-0.2, -0.15) is 12.8 Å². The topological polar surface area (TPSA) is 65.0 Å². The van der Waals surface area contributed by atoms with Gasteiger partial charge in [0.2, 0.25) is 0 Å². The summed E-state index contributed by atoms with van der Waals surface area (Å²) >= 11 is 0. The molecule has 0 bridgehead atoms. The molecule has 0 aliphatic heterocycles. The molecule has 6 heteroatoms. The molecule has 128 valence electrons.